The molecule has 0 heterocycles. The summed E-state index contributed by atoms with van der Waals surface area (Å²) in [6.45, 7) is 5.72. The highest BCUT2D eigenvalue weighted by Gasteiger charge is 2.21. The first-order valence-electron chi connectivity index (χ1n) is 6.11. The molecule has 0 bridgehead atoms. The lowest BCUT2D eigenvalue weighted by Gasteiger charge is -2.16. The predicted molar refractivity (Wildman–Crippen MR) is 77.2 cm³/mol. The highest BCUT2D eigenvalue weighted by atomic mass is 79.9. The Morgan fingerprint density at radius 1 is 1.37 bits per heavy atom. The molecular weight excluding hydrogens is 310 g/mol. The summed E-state index contributed by atoms with van der Waals surface area (Å²) in [5, 5.41) is 11.7. The van der Waals surface area contributed by atoms with E-state index in [9.17, 15) is 9.59 Å². The van der Waals surface area contributed by atoms with E-state index in [-0.39, 0.29) is 11.8 Å². The molecule has 1 aromatic rings. The maximum absolute atomic E-state index is 12.0. The average Bonchev–Trinajstić information content (AvgIpc) is 2.31. The second-order valence-corrected chi connectivity index (χ2v) is 5.81. The number of benzene rings is 1. The third kappa shape index (κ3) is 4.67. The van der Waals surface area contributed by atoms with Crippen molar-refractivity contribution >= 4 is 27.8 Å². The Morgan fingerprint density at radius 3 is 2.47 bits per heavy atom. The molecule has 0 aliphatic carbocycles. The van der Waals surface area contributed by atoms with Crippen LogP contribution >= 0.6 is 15.9 Å². The fraction of sp³-hybridized carbons (Fsp3) is 0.429. The molecule has 1 rings (SSSR count). The van der Waals surface area contributed by atoms with Crippen LogP contribution in [0.3, 0.4) is 0 Å². The van der Waals surface area contributed by atoms with Crippen LogP contribution in [0.5, 0.6) is 0 Å². The summed E-state index contributed by atoms with van der Waals surface area (Å²) in [7, 11) is 0. The number of nitrogens with one attached hydrogen (secondary N) is 1. The number of aliphatic carboxylic acids is 1. The lowest BCUT2D eigenvalue weighted by Crippen LogP contribution is -2.41. The van der Waals surface area contributed by atoms with Crippen LogP contribution in [0, 0.1) is 12.8 Å². The number of aryl methyl sites for hydroxylation is 1. The zero-order valence-corrected chi connectivity index (χ0v) is 12.8. The molecule has 0 aromatic heterocycles. The summed E-state index contributed by atoms with van der Waals surface area (Å²) in [5.41, 5.74) is 1.40. The Balaban J connectivity index is 2.81. The summed E-state index contributed by atoms with van der Waals surface area (Å²) in [4.78, 5) is 23.1. The van der Waals surface area contributed by atoms with Crippen LogP contribution in [-0.2, 0) is 4.79 Å². The number of hydrogen-bond acceptors (Lipinski definition) is 2. The van der Waals surface area contributed by atoms with Gasteiger partial charge in [-0.2, -0.15) is 0 Å². The quantitative estimate of drug-likeness (QED) is 0.873. The number of rotatable bonds is 5. The van der Waals surface area contributed by atoms with Crippen LogP contribution in [0.1, 0.15) is 36.2 Å². The fourth-order valence-electron chi connectivity index (χ4n) is 1.72. The highest BCUT2D eigenvalue weighted by Crippen LogP contribution is 2.17. The van der Waals surface area contributed by atoms with E-state index in [1.165, 1.54) is 0 Å². The first-order valence-corrected chi connectivity index (χ1v) is 6.90. The van der Waals surface area contributed by atoms with Gasteiger partial charge in [0.25, 0.3) is 5.91 Å². The van der Waals surface area contributed by atoms with Gasteiger partial charge < -0.3 is 10.4 Å². The number of amides is 1. The molecule has 5 heteroatoms. The molecule has 0 aliphatic rings. The van der Waals surface area contributed by atoms with E-state index in [1.54, 1.807) is 18.2 Å². The van der Waals surface area contributed by atoms with Crippen molar-refractivity contribution in [2.24, 2.45) is 5.92 Å². The molecule has 0 aliphatic heterocycles. The monoisotopic (exact) mass is 327 g/mol. The van der Waals surface area contributed by atoms with Gasteiger partial charge in [0.15, 0.2) is 0 Å². The van der Waals surface area contributed by atoms with Gasteiger partial charge in [-0.15, -0.1) is 0 Å². The molecule has 104 valence electrons. The first kappa shape index (κ1) is 15.7. The van der Waals surface area contributed by atoms with E-state index < -0.39 is 12.0 Å². The third-order valence-electron chi connectivity index (χ3n) is 2.73. The Bertz CT molecular complexity index is 486. The second-order valence-electron chi connectivity index (χ2n) is 4.96. The van der Waals surface area contributed by atoms with Crippen molar-refractivity contribution in [3.05, 3.63) is 33.8 Å². The third-order valence-corrected chi connectivity index (χ3v) is 3.62. The van der Waals surface area contributed by atoms with Gasteiger partial charge in [-0.3, -0.25) is 4.79 Å². The van der Waals surface area contributed by atoms with Gasteiger partial charge in [0.2, 0.25) is 0 Å². The SMILES string of the molecule is Cc1cc(C(=O)NC(CC(C)C)C(=O)O)ccc1Br. The molecule has 2 N–H and O–H groups in total. The number of carboxylic acids is 1. The van der Waals surface area contributed by atoms with Gasteiger partial charge in [-0.1, -0.05) is 29.8 Å². The lowest BCUT2D eigenvalue weighted by atomic mass is 10.0. The number of carboxylic acid groups (broad SMARTS) is 1. The molecule has 1 atom stereocenters. The average molecular weight is 328 g/mol. The van der Waals surface area contributed by atoms with Crippen LogP contribution in [0.2, 0.25) is 0 Å². The minimum atomic E-state index is -1.00. The molecule has 1 unspecified atom stereocenters. The molecule has 1 aromatic carbocycles. The topological polar surface area (TPSA) is 66.4 Å². The normalized spacial score (nSPS) is 12.3. The van der Waals surface area contributed by atoms with Crippen LogP contribution in [0.4, 0.5) is 0 Å². The number of halogens is 1. The minimum absolute atomic E-state index is 0.202. The zero-order chi connectivity index (χ0) is 14.6. The molecular formula is C14H18BrNO3. The molecule has 19 heavy (non-hydrogen) atoms. The zero-order valence-electron chi connectivity index (χ0n) is 11.2. The standard InChI is InChI=1S/C14H18BrNO3/c1-8(2)6-12(14(18)19)16-13(17)10-4-5-11(15)9(3)7-10/h4-5,7-8,12H,6H2,1-3H3,(H,16,17)(H,18,19). The van der Waals surface area contributed by atoms with Gasteiger partial charge in [0.05, 0.1) is 0 Å². The summed E-state index contributed by atoms with van der Waals surface area (Å²) in [5.74, 6) is -1.16. The van der Waals surface area contributed by atoms with Crippen molar-refractivity contribution in [1.82, 2.24) is 5.32 Å². The van der Waals surface area contributed by atoms with Gasteiger partial charge in [0.1, 0.15) is 6.04 Å². The van der Waals surface area contributed by atoms with E-state index in [0.717, 1.165) is 10.0 Å². The van der Waals surface area contributed by atoms with E-state index in [0.29, 0.717) is 12.0 Å². The smallest absolute Gasteiger partial charge is 0.326 e. The van der Waals surface area contributed by atoms with E-state index >= 15 is 0 Å². The Morgan fingerprint density at radius 2 is 2.00 bits per heavy atom. The number of carbonyl (C=O) groups is 2. The maximum Gasteiger partial charge on any atom is 0.326 e. The van der Waals surface area contributed by atoms with Gasteiger partial charge in [0, 0.05) is 10.0 Å². The minimum Gasteiger partial charge on any atom is -0.480 e. The van der Waals surface area contributed by atoms with E-state index in [4.69, 9.17) is 5.11 Å². The van der Waals surface area contributed by atoms with Crippen LogP contribution < -0.4 is 5.32 Å². The molecule has 0 saturated heterocycles. The van der Waals surface area contributed by atoms with E-state index in [1.807, 2.05) is 20.8 Å². The summed E-state index contributed by atoms with van der Waals surface area (Å²) >= 11 is 3.36. The molecule has 0 radical (unpaired) electrons. The van der Waals surface area contributed by atoms with Crippen LogP contribution in [0.15, 0.2) is 22.7 Å². The van der Waals surface area contributed by atoms with Gasteiger partial charge in [-0.25, -0.2) is 4.79 Å². The van der Waals surface area contributed by atoms with Crippen molar-refractivity contribution in [2.75, 3.05) is 0 Å². The number of carbonyl (C=O) groups excluding carboxylic acids is 1. The lowest BCUT2D eigenvalue weighted by molar-refractivity contribution is -0.139. The van der Waals surface area contributed by atoms with Gasteiger partial charge in [-0.05, 0) is 43.0 Å². The Labute approximate surface area is 121 Å². The highest BCUT2D eigenvalue weighted by molar-refractivity contribution is 9.10. The Hall–Kier alpha value is -1.36. The van der Waals surface area contributed by atoms with Crippen LogP contribution in [0.25, 0.3) is 0 Å². The molecule has 4 nitrogen and oxygen atoms in total. The summed E-state index contributed by atoms with van der Waals surface area (Å²) in [6.07, 6.45) is 0.413. The van der Waals surface area contributed by atoms with Gasteiger partial charge >= 0.3 is 5.97 Å². The van der Waals surface area contributed by atoms with Crippen molar-refractivity contribution in [3.63, 3.8) is 0 Å². The maximum atomic E-state index is 12.0. The molecule has 0 saturated carbocycles. The first-order chi connectivity index (χ1) is 8.81. The Kier molecular flexibility index (Phi) is 5.54. The van der Waals surface area contributed by atoms with Crippen molar-refractivity contribution in [3.8, 4) is 0 Å². The molecule has 0 fully saturated rings. The largest absolute Gasteiger partial charge is 0.480 e. The fourth-order valence-corrected chi connectivity index (χ4v) is 1.97. The van der Waals surface area contributed by atoms with E-state index in [2.05, 4.69) is 21.2 Å². The number of hydrogen-bond donors (Lipinski definition) is 2. The second kappa shape index (κ2) is 6.70. The van der Waals surface area contributed by atoms with Crippen molar-refractivity contribution in [1.29, 1.82) is 0 Å². The molecule has 1 amide bonds. The molecule has 0 spiro atoms. The van der Waals surface area contributed by atoms with Crippen LogP contribution in [-0.4, -0.2) is 23.0 Å². The predicted octanol–water partition coefficient (Wildman–Crippen LogP) is 2.99. The van der Waals surface area contributed by atoms with Crippen molar-refractivity contribution < 1.29 is 14.7 Å². The van der Waals surface area contributed by atoms with Crippen molar-refractivity contribution in [2.45, 2.75) is 33.2 Å². The summed E-state index contributed by atoms with van der Waals surface area (Å²) in [6, 6.07) is 4.33. The summed E-state index contributed by atoms with van der Waals surface area (Å²) < 4.78 is 0.918.